The van der Waals surface area contributed by atoms with E-state index in [-0.39, 0.29) is 24.3 Å². The normalized spacial score (nSPS) is 14.7. The summed E-state index contributed by atoms with van der Waals surface area (Å²) in [5, 5.41) is 16.7. The Morgan fingerprint density at radius 3 is 1.57 bits per heavy atom. The molecule has 10 heteroatoms. The number of Topliss-reactive ketones (excluding diaryl/α,β-unsaturated/α-hetero) is 1. The minimum absolute atomic E-state index is 0.0143. The Balaban J connectivity index is 5.48. The second kappa shape index (κ2) is 13.3. The van der Waals surface area contributed by atoms with Crippen molar-refractivity contribution in [3.05, 3.63) is 0 Å². The van der Waals surface area contributed by atoms with Crippen LogP contribution in [0, 0.1) is 11.8 Å². The van der Waals surface area contributed by atoms with Crippen molar-refractivity contribution in [2.24, 2.45) is 11.8 Å². The van der Waals surface area contributed by atoms with Gasteiger partial charge in [-0.05, 0) is 24.7 Å². The summed E-state index contributed by atoms with van der Waals surface area (Å²) in [4.78, 5) is 48.0. The summed E-state index contributed by atoms with van der Waals surface area (Å²) in [5.41, 5.74) is 0. The van der Waals surface area contributed by atoms with Crippen LogP contribution in [0.15, 0.2) is 0 Å². The van der Waals surface area contributed by atoms with Gasteiger partial charge < -0.3 is 21.1 Å². The smallest absolute Gasteiger partial charge is 0.374 e. The molecule has 0 aliphatic rings. The van der Waals surface area contributed by atoms with Crippen LogP contribution >= 0.6 is 0 Å². The highest BCUT2D eigenvalue weighted by Crippen LogP contribution is 2.11. The van der Waals surface area contributed by atoms with Gasteiger partial charge in [-0.3, -0.25) is 14.4 Å². The first-order chi connectivity index (χ1) is 13.7. The topological polar surface area (TPSA) is 125 Å². The lowest BCUT2D eigenvalue weighted by Crippen LogP contribution is -2.57. The van der Waals surface area contributed by atoms with Crippen molar-refractivity contribution in [2.45, 2.75) is 91.4 Å². The van der Waals surface area contributed by atoms with E-state index in [2.05, 4.69) is 16.0 Å². The number of carboxylic acids is 1. The van der Waals surface area contributed by atoms with Gasteiger partial charge in [0.25, 0.3) is 5.78 Å². The maximum atomic E-state index is 12.8. The standard InChI is InChI=1S/C20H35F2N3O5/c1-10(2)7-14(23-12(5)6)18(27)25-15(8-11(3)4)19(28)24-13(9-16(21)22)17(26)20(29)30/h10-16,23H,7-9H2,1-6H3,(H,24,28)(H,25,27)(H,29,30)/t13?,14-,15-/m0/s1. The fourth-order valence-electron chi connectivity index (χ4n) is 2.93. The van der Waals surface area contributed by atoms with Crippen LogP contribution in [0.2, 0.25) is 0 Å². The number of ketones is 1. The third-order valence-electron chi connectivity index (χ3n) is 4.16. The maximum Gasteiger partial charge on any atom is 0.374 e. The molecule has 0 aromatic carbocycles. The van der Waals surface area contributed by atoms with Gasteiger partial charge in [-0.25, -0.2) is 13.6 Å². The number of nitrogens with one attached hydrogen (secondary N) is 3. The number of halogens is 2. The Labute approximate surface area is 176 Å². The molecule has 2 amide bonds. The van der Waals surface area contributed by atoms with E-state index >= 15 is 0 Å². The summed E-state index contributed by atoms with van der Waals surface area (Å²) in [6, 6.07) is -3.52. The van der Waals surface area contributed by atoms with Gasteiger partial charge in [-0.1, -0.05) is 41.5 Å². The van der Waals surface area contributed by atoms with Crippen LogP contribution in [0.5, 0.6) is 0 Å². The molecule has 0 bridgehead atoms. The Hall–Kier alpha value is -2.10. The molecule has 8 nitrogen and oxygen atoms in total. The minimum atomic E-state index is -2.98. The molecule has 0 radical (unpaired) electrons. The second-order valence-corrected chi connectivity index (χ2v) is 8.55. The minimum Gasteiger partial charge on any atom is -0.475 e. The molecule has 4 N–H and O–H groups in total. The van der Waals surface area contributed by atoms with Crippen LogP contribution in [0.4, 0.5) is 8.78 Å². The van der Waals surface area contributed by atoms with Gasteiger partial charge in [0.05, 0.1) is 6.04 Å². The highest BCUT2D eigenvalue weighted by molar-refractivity contribution is 6.35. The number of amides is 2. The fraction of sp³-hybridized carbons (Fsp3) is 0.800. The van der Waals surface area contributed by atoms with Gasteiger partial charge in [0.2, 0.25) is 18.2 Å². The van der Waals surface area contributed by atoms with Crippen LogP contribution in [0.3, 0.4) is 0 Å². The summed E-state index contributed by atoms with van der Waals surface area (Å²) >= 11 is 0. The van der Waals surface area contributed by atoms with Crippen LogP contribution < -0.4 is 16.0 Å². The molecular formula is C20H35F2N3O5. The molecule has 0 heterocycles. The van der Waals surface area contributed by atoms with Crippen molar-refractivity contribution >= 4 is 23.6 Å². The molecule has 0 saturated heterocycles. The Morgan fingerprint density at radius 1 is 0.733 bits per heavy atom. The van der Waals surface area contributed by atoms with E-state index in [0.29, 0.717) is 6.42 Å². The maximum absolute atomic E-state index is 12.8. The summed E-state index contributed by atoms with van der Waals surface area (Å²) in [6.45, 7) is 11.3. The van der Waals surface area contributed by atoms with Crippen molar-refractivity contribution in [3.63, 3.8) is 0 Å². The zero-order chi connectivity index (χ0) is 23.6. The highest BCUT2D eigenvalue weighted by atomic mass is 19.3. The predicted octanol–water partition coefficient (Wildman–Crippen LogP) is 1.72. The molecule has 0 fully saturated rings. The molecule has 174 valence electrons. The monoisotopic (exact) mass is 435 g/mol. The molecule has 0 spiro atoms. The number of carbonyl (C=O) groups excluding carboxylic acids is 3. The van der Waals surface area contributed by atoms with E-state index < -0.39 is 54.5 Å². The first-order valence-electron chi connectivity index (χ1n) is 10.2. The number of carbonyl (C=O) groups is 4. The van der Waals surface area contributed by atoms with Crippen LogP contribution in [-0.4, -0.2) is 59.3 Å². The van der Waals surface area contributed by atoms with Crippen LogP contribution in [-0.2, 0) is 19.2 Å². The molecule has 0 rings (SSSR count). The quantitative estimate of drug-likeness (QED) is 0.308. The Morgan fingerprint density at radius 2 is 1.17 bits per heavy atom. The lowest BCUT2D eigenvalue weighted by Gasteiger charge is -2.27. The van der Waals surface area contributed by atoms with Gasteiger partial charge in [-0.15, -0.1) is 0 Å². The zero-order valence-electron chi connectivity index (χ0n) is 18.5. The molecule has 1 unspecified atom stereocenters. The number of hydrogen-bond donors (Lipinski definition) is 4. The molecule has 3 atom stereocenters. The predicted molar refractivity (Wildman–Crippen MR) is 108 cm³/mol. The Bertz CT molecular complexity index is 587. The molecular weight excluding hydrogens is 400 g/mol. The Kier molecular flexibility index (Phi) is 12.3. The highest BCUT2D eigenvalue weighted by Gasteiger charge is 2.33. The summed E-state index contributed by atoms with van der Waals surface area (Å²) in [7, 11) is 0. The average molecular weight is 436 g/mol. The summed E-state index contributed by atoms with van der Waals surface area (Å²) in [5.74, 6) is -4.57. The number of aliphatic carboxylic acids is 1. The first kappa shape index (κ1) is 27.9. The fourth-order valence-corrected chi connectivity index (χ4v) is 2.93. The van der Waals surface area contributed by atoms with E-state index in [1.54, 1.807) is 0 Å². The number of rotatable bonds is 14. The zero-order valence-corrected chi connectivity index (χ0v) is 18.5. The van der Waals surface area contributed by atoms with E-state index in [0.717, 1.165) is 0 Å². The van der Waals surface area contributed by atoms with Crippen LogP contribution in [0.25, 0.3) is 0 Å². The first-order valence-corrected chi connectivity index (χ1v) is 10.2. The summed E-state index contributed by atoms with van der Waals surface area (Å²) in [6.07, 6.45) is -3.39. The lowest BCUT2D eigenvalue weighted by atomic mass is 9.99. The van der Waals surface area contributed by atoms with Gasteiger partial charge in [0.15, 0.2) is 0 Å². The largest absolute Gasteiger partial charge is 0.475 e. The van der Waals surface area contributed by atoms with E-state index in [1.807, 2.05) is 41.5 Å². The third-order valence-corrected chi connectivity index (χ3v) is 4.16. The summed E-state index contributed by atoms with van der Waals surface area (Å²) < 4.78 is 25.5. The van der Waals surface area contributed by atoms with Crippen molar-refractivity contribution in [1.82, 2.24) is 16.0 Å². The third kappa shape index (κ3) is 11.2. The SMILES string of the molecule is CC(C)C[C@H](NC(=O)[C@H](CC(C)C)NC(C)C)C(=O)NC(CC(F)F)C(=O)C(=O)O. The van der Waals surface area contributed by atoms with Crippen molar-refractivity contribution < 1.29 is 33.1 Å². The molecule has 30 heavy (non-hydrogen) atoms. The number of hydrogen-bond acceptors (Lipinski definition) is 5. The van der Waals surface area contributed by atoms with Gasteiger partial charge >= 0.3 is 5.97 Å². The van der Waals surface area contributed by atoms with E-state index in [1.165, 1.54) is 0 Å². The molecule has 0 aliphatic carbocycles. The molecule has 0 aliphatic heterocycles. The second-order valence-electron chi connectivity index (χ2n) is 8.55. The number of carboxylic acid groups (broad SMARTS) is 1. The molecule has 0 aromatic rings. The lowest BCUT2D eigenvalue weighted by molar-refractivity contribution is -0.151. The van der Waals surface area contributed by atoms with Gasteiger partial charge in [0, 0.05) is 12.5 Å². The van der Waals surface area contributed by atoms with Crippen LogP contribution in [0.1, 0.15) is 60.8 Å². The number of alkyl halides is 2. The van der Waals surface area contributed by atoms with E-state index in [4.69, 9.17) is 5.11 Å². The van der Waals surface area contributed by atoms with Gasteiger partial charge in [0.1, 0.15) is 12.1 Å². The molecule has 0 aromatic heterocycles. The average Bonchev–Trinajstić information content (AvgIpc) is 2.57. The van der Waals surface area contributed by atoms with Crippen molar-refractivity contribution in [1.29, 1.82) is 0 Å². The van der Waals surface area contributed by atoms with E-state index in [9.17, 15) is 28.0 Å². The van der Waals surface area contributed by atoms with Gasteiger partial charge in [-0.2, -0.15) is 0 Å². The molecule has 0 saturated carbocycles. The van der Waals surface area contributed by atoms with Crippen molar-refractivity contribution in [2.75, 3.05) is 0 Å². The van der Waals surface area contributed by atoms with Crippen molar-refractivity contribution in [3.8, 4) is 0 Å².